The molecule has 3 aromatic rings. The number of hydrogen-bond acceptors (Lipinski definition) is 4. The third kappa shape index (κ3) is 3.79. The average Bonchev–Trinajstić information content (AvgIpc) is 3.11. The second-order valence-electron chi connectivity index (χ2n) is 7.18. The molecule has 1 aromatic heterocycles. The molecule has 0 atom stereocenters. The van der Waals surface area contributed by atoms with E-state index < -0.39 is 0 Å². The minimum atomic E-state index is -0.264. The molecular weight excluding hydrogens is 326 g/mol. The molecule has 0 aliphatic carbocycles. The molecule has 0 radical (unpaired) electrons. The first-order chi connectivity index (χ1) is 12.4. The van der Waals surface area contributed by atoms with E-state index in [0.717, 1.165) is 16.8 Å². The van der Waals surface area contributed by atoms with Gasteiger partial charge < -0.3 is 4.90 Å². The summed E-state index contributed by atoms with van der Waals surface area (Å²) >= 11 is 0. The molecule has 0 saturated carbocycles. The van der Waals surface area contributed by atoms with E-state index in [1.54, 1.807) is 11.9 Å². The zero-order valence-corrected chi connectivity index (χ0v) is 15.5. The first-order valence-electron chi connectivity index (χ1n) is 8.56. The highest BCUT2D eigenvalue weighted by atomic mass is 16.2. The number of nitrogens with zero attached hydrogens (tertiary/aromatic N) is 5. The summed E-state index contributed by atoms with van der Waals surface area (Å²) in [6.07, 6.45) is 0.107. The van der Waals surface area contributed by atoms with Crippen molar-refractivity contribution in [1.82, 2.24) is 20.2 Å². The van der Waals surface area contributed by atoms with Crippen molar-refractivity contribution in [2.45, 2.75) is 32.7 Å². The van der Waals surface area contributed by atoms with E-state index in [-0.39, 0.29) is 17.9 Å². The Labute approximate surface area is 153 Å². The number of hydrogen-bond donors (Lipinski definition) is 0. The van der Waals surface area contributed by atoms with Crippen LogP contribution in [0.5, 0.6) is 0 Å². The van der Waals surface area contributed by atoms with Gasteiger partial charge in [0.1, 0.15) is 0 Å². The minimum Gasteiger partial charge on any atom is -0.314 e. The third-order valence-corrected chi connectivity index (χ3v) is 4.09. The predicted octanol–water partition coefficient (Wildman–Crippen LogP) is 3.30. The molecule has 2 aromatic carbocycles. The van der Waals surface area contributed by atoms with Crippen molar-refractivity contribution in [3.05, 3.63) is 60.4 Å². The Bertz CT molecular complexity index is 896. The number of likely N-dealkylation sites (N-methyl/N-ethyl adjacent to an activating group) is 1. The second-order valence-corrected chi connectivity index (χ2v) is 7.18. The van der Waals surface area contributed by atoms with Crippen LogP contribution in [0.25, 0.3) is 11.1 Å². The van der Waals surface area contributed by atoms with Gasteiger partial charge in [-0.3, -0.25) is 4.79 Å². The maximum absolute atomic E-state index is 12.8. The van der Waals surface area contributed by atoms with Crippen LogP contribution in [0.2, 0.25) is 0 Å². The standard InChI is InChI=1S/C20H23N5O/c1-20(2,3)25-22-18(21-23-25)14-19(26)24(4)17-13-9-8-12-16(17)15-10-6-5-7-11-15/h5-13H,14H2,1-4H3. The monoisotopic (exact) mass is 349 g/mol. The van der Waals surface area contributed by atoms with Crippen molar-refractivity contribution in [1.29, 1.82) is 0 Å². The van der Waals surface area contributed by atoms with E-state index in [9.17, 15) is 4.79 Å². The lowest BCUT2D eigenvalue weighted by Gasteiger charge is -2.20. The normalized spacial score (nSPS) is 11.4. The number of rotatable bonds is 4. The molecule has 0 saturated heterocycles. The van der Waals surface area contributed by atoms with E-state index in [0.29, 0.717) is 5.82 Å². The number of carbonyl (C=O) groups is 1. The zero-order valence-electron chi connectivity index (χ0n) is 15.5. The molecule has 1 heterocycles. The highest BCUT2D eigenvalue weighted by Crippen LogP contribution is 2.30. The zero-order chi connectivity index (χ0) is 18.7. The largest absolute Gasteiger partial charge is 0.314 e. The fraction of sp³-hybridized carbons (Fsp3) is 0.300. The maximum Gasteiger partial charge on any atom is 0.234 e. The van der Waals surface area contributed by atoms with Crippen LogP contribution in [0.15, 0.2) is 54.6 Å². The number of tetrazole rings is 1. The van der Waals surface area contributed by atoms with Crippen molar-refractivity contribution in [3.8, 4) is 11.1 Å². The van der Waals surface area contributed by atoms with Crippen molar-refractivity contribution >= 4 is 11.6 Å². The summed E-state index contributed by atoms with van der Waals surface area (Å²) < 4.78 is 0. The van der Waals surface area contributed by atoms with Crippen LogP contribution in [0.3, 0.4) is 0 Å². The van der Waals surface area contributed by atoms with Gasteiger partial charge in [-0.25, -0.2) is 0 Å². The van der Waals surface area contributed by atoms with Crippen molar-refractivity contribution < 1.29 is 4.79 Å². The van der Waals surface area contributed by atoms with Gasteiger partial charge in [0.15, 0.2) is 5.82 Å². The number of carbonyl (C=O) groups excluding carboxylic acids is 1. The number of aromatic nitrogens is 4. The molecule has 6 nitrogen and oxygen atoms in total. The van der Waals surface area contributed by atoms with Gasteiger partial charge in [-0.1, -0.05) is 48.5 Å². The van der Waals surface area contributed by atoms with Gasteiger partial charge in [0.05, 0.1) is 17.6 Å². The number of benzene rings is 2. The van der Waals surface area contributed by atoms with Crippen LogP contribution in [0, 0.1) is 0 Å². The third-order valence-electron chi connectivity index (χ3n) is 4.09. The van der Waals surface area contributed by atoms with Crippen molar-refractivity contribution in [2.75, 3.05) is 11.9 Å². The van der Waals surface area contributed by atoms with Crippen LogP contribution < -0.4 is 4.90 Å². The lowest BCUT2D eigenvalue weighted by Crippen LogP contribution is -2.29. The van der Waals surface area contributed by atoms with Gasteiger partial charge in [-0.15, -0.1) is 10.2 Å². The maximum atomic E-state index is 12.8. The molecule has 0 N–H and O–H groups in total. The molecule has 0 aliphatic rings. The van der Waals surface area contributed by atoms with Gasteiger partial charge in [0, 0.05) is 12.6 Å². The van der Waals surface area contributed by atoms with Gasteiger partial charge in [0.25, 0.3) is 0 Å². The molecule has 0 fully saturated rings. The van der Waals surface area contributed by atoms with E-state index in [4.69, 9.17) is 0 Å². The van der Waals surface area contributed by atoms with Crippen LogP contribution >= 0.6 is 0 Å². The fourth-order valence-corrected chi connectivity index (χ4v) is 2.61. The molecule has 0 bridgehead atoms. The Kier molecular flexibility index (Phi) is 4.84. The summed E-state index contributed by atoms with van der Waals surface area (Å²) in [6.45, 7) is 5.97. The summed E-state index contributed by atoms with van der Waals surface area (Å²) in [5.74, 6) is 0.343. The smallest absolute Gasteiger partial charge is 0.234 e. The van der Waals surface area contributed by atoms with Crippen LogP contribution in [-0.2, 0) is 16.8 Å². The molecule has 26 heavy (non-hydrogen) atoms. The molecule has 134 valence electrons. The van der Waals surface area contributed by atoms with Gasteiger partial charge in [-0.2, -0.15) is 4.80 Å². The molecule has 6 heteroatoms. The lowest BCUT2D eigenvalue weighted by atomic mass is 10.0. The molecule has 0 spiro atoms. The summed E-state index contributed by atoms with van der Waals surface area (Å²) in [5.41, 5.74) is 2.67. The van der Waals surface area contributed by atoms with E-state index in [1.165, 1.54) is 4.80 Å². The molecule has 0 unspecified atom stereocenters. The Balaban J connectivity index is 1.83. The van der Waals surface area contributed by atoms with E-state index >= 15 is 0 Å². The average molecular weight is 349 g/mol. The number of anilines is 1. The fourth-order valence-electron chi connectivity index (χ4n) is 2.61. The van der Waals surface area contributed by atoms with E-state index in [1.807, 2.05) is 75.4 Å². The van der Waals surface area contributed by atoms with Crippen LogP contribution in [-0.4, -0.2) is 33.2 Å². The topological polar surface area (TPSA) is 63.9 Å². The SMILES string of the molecule is CN(C(=O)Cc1nnn(C(C)(C)C)n1)c1ccccc1-c1ccccc1. The molecule has 0 aliphatic heterocycles. The first kappa shape index (κ1) is 17.8. The van der Waals surface area contributed by atoms with Crippen molar-refractivity contribution in [3.63, 3.8) is 0 Å². The van der Waals surface area contributed by atoms with Gasteiger partial charge >= 0.3 is 0 Å². The predicted molar refractivity (Wildman–Crippen MR) is 102 cm³/mol. The molecule has 3 rings (SSSR count). The van der Waals surface area contributed by atoms with Crippen LogP contribution in [0.4, 0.5) is 5.69 Å². The Morgan fingerprint density at radius 2 is 1.69 bits per heavy atom. The van der Waals surface area contributed by atoms with Crippen molar-refractivity contribution in [2.24, 2.45) is 0 Å². The molecule has 1 amide bonds. The lowest BCUT2D eigenvalue weighted by molar-refractivity contribution is -0.117. The quantitative estimate of drug-likeness (QED) is 0.725. The summed E-state index contributed by atoms with van der Waals surface area (Å²) in [5, 5.41) is 12.4. The second kappa shape index (κ2) is 7.07. The molecular formula is C20H23N5O. The minimum absolute atomic E-state index is 0.0816. The highest BCUT2D eigenvalue weighted by molar-refractivity contribution is 5.98. The van der Waals surface area contributed by atoms with Crippen LogP contribution in [0.1, 0.15) is 26.6 Å². The Morgan fingerprint density at radius 1 is 1.04 bits per heavy atom. The Hall–Kier alpha value is -3.02. The number of para-hydroxylation sites is 1. The Morgan fingerprint density at radius 3 is 2.35 bits per heavy atom. The highest BCUT2D eigenvalue weighted by Gasteiger charge is 2.21. The first-order valence-corrected chi connectivity index (χ1v) is 8.56. The number of amides is 1. The summed E-state index contributed by atoms with van der Waals surface area (Å²) in [6, 6.07) is 17.9. The summed E-state index contributed by atoms with van der Waals surface area (Å²) in [7, 11) is 1.78. The van der Waals surface area contributed by atoms with E-state index in [2.05, 4.69) is 15.4 Å². The van der Waals surface area contributed by atoms with Gasteiger partial charge in [0.2, 0.25) is 5.91 Å². The van der Waals surface area contributed by atoms with Gasteiger partial charge in [-0.05, 0) is 37.6 Å². The summed E-state index contributed by atoms with van der Waals surface area (Å²) in [4.78, 5) is 16.0.